The second-order valence-corrected chi connectivity index (χ2v) is 5.86. The van der Waals surface area contributed by atoms with Crippen LogP contribution in [-0.4, -0.2) is 31.6 Å². The van der Waals surface area contributed by atoms with Crippen molar-refractivity contribution in [3.05, 3.63) is 29.3 Å². The van der Waals surface area contributed by atoms with Gasteiger partial charge in [0.25, 0.3) is 0 Å². The van der Waals surface area contributed by atoms with E-state index >= 15 is 0 Å². The van der Waals surface area contributed by atoms with E-state index in [0.717, 1.165) is 18.8 Å². The average Bonchev–Trinajstić information content (AvgIpc) is 2.94. The first-order valence-corrected chi connectivity index (χ1v) is 7.42. The van der Waals surface area contributed by atoms with E-state index in [1.54, 1.807) is 7.11 Å². The number of fused-ring (bicyclic) bond motifs is 1. The predicted molar refractivity (Wildman–Crippen MR) is 77.4 cm³/mol. The summed E-state index contributed by atoms with van der Waals surface area (Å²) in [5.41, 5.74) is 8.82. The molecule has 0 spiro atoms. The van der Waals surface area contributed by atoms with Crippen molar-refractivity contribution in [3.8, 4) is 5.75 Å². The zero-order valence-corrected chi connectivity index (χ0v) is 11.8. The monoisotopic (exact) mass is 260 g/mol. The molecule has 1 aliphatic carbocycles. The zero-order valence-electron chi connectivity index (χ0n) is 11.8. The molecule has 0 saturated carbocycles. The molecule has 1 aromatic rings. The molecule has 0 amide bonds. The van der Waals surface area contributed by atoms with Gasteiger partial charge >= 0.3 is 0 Å². The Morgan fingerprint density at radius 3 is 3.00 bits per heavy atom. The van der Waals surface area contributed by atoms with Crippen molar-refractivity contribution >= 4 is 0 Å². The van der Waals surface area contributed by atoms with Gasteiger partial charge in [-0.1, -0.05) is 6.07 Å². The van der Waals surface area contributed by atoms with E-state index in [-0.39, 0.29) is 0 Å². The average molecular weight is 260 g/mol. The summed E-state index contributed by atoms with van der Waals surface area (Å²) in [6, 6.07) is 7.16. The minimum atomic E-state index is 0.579. The predicted octanol–water partition coefficient (Wildman–Crippen LogP) is 2.35. The first-order valence-electron chi connectivity index (χ1n) is 7.42. The largest absolute Gasteiger partial charge is 0.497 e. The van der Waals surface area contributed by atoms with Gasteiger partial charge < -0.3 is 10.5 Å². The summed E-state index contributed by atoms with van der Waals surface area (Å²) < 4.78 is 5.40. The summed E-state index contributed by atoms with van der Waals surface area (Å²) in [5.74, 6) is 1.68. The number of benzene rings is 1. The van der Waals surface area contributed by atoms with Crippen molar-refractivity contribution in [1.29, 1.82) is 0 Å². The lowest BCUT2D eigenvalue weighted by Gasteiger charge is -2.33. The topological polar surface area (TPSA) is 38.5 Å². The van der Waals surface area contributed by atoms with Crippen molar-refractivity contribution in [3.63, 3.8) is 0 Å². The molecule has 1 aromatic carbocycles. The smallest absolute Gasteiger partial charge is 0.119 e. The standard InChI is InChI=1S/C16H24N2O/c1-19-14-6-5-13-3-2-4-16(15(13)9-14)18-8-7-12(10-17)11-18/h5-6,9,12,16H,2-4,7-8,10-11,17H2,1H3. The molecule has 2 aliphatic rings. The molecular formula is C16H24N2O. The summed E-state index contributed by atoms with van der Waals surface area (Å²) in [5, 5.41) is 0. The van der Waals surface area contributed by atoms with Gasteiger partial charge in [-0.25, -0.2) is 0 Å². The van der Waals surface area contributed by atoms with Crippen LogP contribution in [0.3, 0.4) is 0 Å². The van der Waals surface area contributed by atoms with E-state index in [0.29, 0.717) is 12.0 Å². The summed E-state index contributed by atoms with van der Waals surface area (Å²) in [7, 11) is 1.75. The van der Waals surface area contributed by atoms with E-state index in [1.807, 2.05) is 0 Å². The number of methoxy groups -OCH3 is 1. The Kier molecular flexibility index (Phi) is 3.76. The number of nitrogens with two attached hydrogens (primary N) is 1. The molecule has 2 N–H and O–H groups in total. The van der Waals surface area contributed by atoms with Crippen LogP contribution < -0.4 is 10.5 Å². The van der Waals surface area contributed by atoms with Gasteiger partial charge in [0.2, 0.25) is 0 Å². The molecule has 19 heavy (non-hydrogen) atoms. The fourth-order valence-corrected chi connectivity index (χ4v) is 3.60. The Morgan fingerprint density at radius 1 is 1.37 bits per heavy atom. The molecule has 104 valence electrons. The van der Waals surface area contributed by atoms with Gasteiger partial charge in [-0.3, -0.25) is 4.90 Å². The van der Waals surface area contributed by atoms with Gasteiger partial charge in [-0.15, -0.1) is 0 Å². The molecule has 2 atom stereocenters. The Bertz CT molecular complexity index is 446. The van der Waals surface area contributed by atoms with E-state index in [2.05, 4.69) is 23.1 Å². The Balaban J connectivity index is 1.85. The maximum absolute atomic E-state index is 5.82. The number of likely N-dealkylation sites (tertiary alicyclic amines) is 1. The minimum absolute atomic E-state index is 0.579. The molecule has 2 unspecified atom stereocenters. The van der Waals surface area contributed by atoms with E-state index in [4.69, 9.17) is 10.5 Å². The van der Waals surface area contributed by atoms with Gasteiger partial charge in [0, 0.05) is 12.6 Å². The third-order valence-corrected chi connectivity index (χ3v) is 4.73. The van der Waals surface area contributed by atoms with E-state index in [9.17, 15) is 0 Å². The van der Waals surface area contributed by atoms with Gasteiger partial charge in [0.1, 0.15) is 5.75 Å². The summed E-state index contributed by atoms with van der Waals surface area (Å²) in [6.07, 6.45) is 5.04. The van der Waals surface area contributed by atoms with Crippen molar-refractivity contribution < 1.29 is 4.74 Å². The van der Waals surface area contributed by atoms with Crippen molar-refractivity contribution in [2.24, 2.45) is 11.7 Å². The Hall–Kier alpha value is -1.06. The number of hydrogen-bond acceptors (Lipinski definition) is 3. The molecule has 1 heterocycles. The number of aryl methyl sites for hydroxylation is 1. The van der Waals surface area contributed by atoms with Crippen molar-refractivity contribution in [1.82, 2.24) is 4.90 Å². The molecule has 0 aromatic heterocycles. The lowest BCUT2D eigenvalue weighted by Crippen LogP contribution is -2.30. The van der Waals surface area contributed by atoms with Gasteiger partial charge in [0.15, 0.2) is 0 Å². The summed E-state index contributed by atoms with van der Waals surface area (Å²) in [4.78, 5) is 2.63. The molecular weight excluding hydrogens is 236 g/mol. The fourth-order valence-electron chi connectivity index (χ4n) is 3.60. The lowest BCUT2D eigenvalue weighted by molar-refractivity contribution is 0.213. The second kappa shape index (κ2) is 5.51. The number of hydrogen-bond donors (Lipinski definition) is 1. The molecule has 3 nitrogen and oxygen atoms in total. The maximum atomic E-state index is 5.82. The molecule has 1 fully saturated rings. The highest BCUT2D eigenvalue weighted by Crippen LogP contribution is 2.38. The van der Waals surface area contributed by atoms with Crippen LogP contribution in [0, 0.1) is 5.92 Å². The van der Waals surface area contributed by atoms with Crippen LogP contribution in [0.25, 0.3) is 0 Å². The lowest BCUT2D eigenvalue weighted by atomic mass is 9.86. The SMILES string of the molecule is COc1ccc2c(c1)C(N1CCC(CN)C1)CCC2. The first-order chi connectivity index (χ1) is 9.31. The highest BCUT2D eigenvalue weighted by Gasteiger charge is 2.31. The highest BCUT2D eigenvalue weighted by atomic mass is 16.5. The molecule has 3 rings (SSSR count). The van der Waals surface area contributed by atoms with Crippen LogP contribution in [0.5, 0.6) is 5.75 Å². The quantitative estimate of drug-likeness (QED) is 0.906. The van der Waals surface area contributed by atoms with E-state index in [1.165, 1.54) is 43.4 Å². The third kappa shape index (κ3) is 2.49. The van der Waals surface area contributed by atoms with Crippen LogP contribution in [0.1, 0.15) is 36.4 Å². The second-order valence-electron chi connectivity index (χ2n) is 5.86. The van der Waals surface area contributed by atoms with Crippen LogP contribution in [0.4, 0.5) is 0 Å². The van der Waals surface area contributed by atoms with Crippen LogP contribution >= 0.6 is 0 Å². The highest BCUT2D eigenvalue weighted by molar-refractivity contribution is 5.39. The Morgan fingerprint density at radius 2 is 2.26 bits per heavy atom. The normalized spacial score (nSPS) is 27.3. The summed E-state index contributed by atoms with van der Waals surface area (Å²) >= 11 is 0. The number of rotatable bonds is 3. The fraction of sp³-hybridized carbons (Fsp3) is 0.625. The van der Waals surface area contributed by atoms with Crippen molar-refractivity contribution in [2.75, 3.05) is 26.7 Å². The molecule has 1 aliphatic heterocycles. The third-order valence-electron chi connectivity index (χ3n) is 4.73. The van der Waals surface area contributed by atoms with E-state index < -0.39 is 0 Å². The van der Waals surface area contributed by atoms with Gasteiger partial charge in [-0.2, -0.15) is 0 Å². The molecule has 1 saturated heterocycles. The molecule has 0 bridgehead atoms. The van der Waals surface area contributed by atoms with Gasteiger partial charge in [-0.05, 0) is 68.0 Å². The van der Waals surface area contributed by atoms with Gasteiger partial charge in [0.05, 0.1) is 7.11 Å². The minimum Gasteiger partial charge on any atom is -0.497 e. The van der Waals surface area contributed by atoms with Crippen LogP contribution in [0.15, 0.2) is 18.2 Å². The van der Waals surface area contributed by atoms with Crippen LogP contribution in [0.2, 0.25) is 0 Å². The molecule has 3 heteroatoms. The molecule has 0 radical (unpaired) electrons. The van der Waals surface area contributed by atoms with Crippen LogP contribution in [-0.2, 0) is 6.42 Å². The Labute approximate surface area is 115 Å². The maximum Gasteiger partial charge on any atom is 0.119 e. The first kappa shape index (κ1) is 12.9. The zero-order chi connectivity index (χ0) is 13.2. The summed E-state index contributed by atoms with van der Waals surface area (Å²) in [6.45, 7) is 3.19. The van der Waals surface area contributed by atoms with Crippen molar-refractivity contribution in [2.45, 2.75) is 31.7 Å². The number of nitrogens with zero attached hydrogens (tertiary/aromatic N) is 1. The number of ether oxygens (including phenoxy) is 1.